The van der Waals surface area contributed by atoms with Crippen LogP contribution in [0.25, 0.3) is 5.82 Å². The van der Waals surface area contributed by atoms with Crippen LogP contribution in [0, 0.1) is 31.0 Å². The van der Waals surface area contributed by atoms with E-state index in [1.165, 1.54) is 16.8 Å². The van der Waals surface area contributed by atoms with Gasteiger partial charge >= 0.3 is 0 Å². The lowest BCUT2D eigenvalue weighted by molar-refractivity contribution is 0.198. The second-order valence-electron chi connectivity index (χ2n) is 7.71. The Morgan fingerprint density at radius 3 is 2.44 bits per heavy atom. The molecule has 0 aliphatic rings. The van der Waals surface area contributed by atoms with Gasteiger partial charge in [0.05, 0.1) is 28.9 Å². The Morgan fingerprint density at radius 2 is 1.79 bits per heavy atom. The van der Waals surface area contributed by atoms with Crippen LogP contribution in [0.15, 0.2) is 42.5 Å². The quantitative estimate of drug-likeness (QED) is 0.316. The summed E-state index contributed by atoms with van der Waals surface area (Å²) in [6, 6.07) is 13.1. The van der Waals surface area contributed by atoms with Crippen LogP contribution in [0.2, 0.25) is 0 Å². The number of nitrogens with two attached hydrogens (primary N) is 1. The lowest BCUT2D eigenvalue weighted by Crippen LogP contribution is -2.10. The second kappa shape index (κ2) is 9.13. The van der Waals surface area contributed by atoms with Crippen molar-refractivity contribution < 1.29 is 9.50 Å². The third kappa shape index (κ3) is 4.62. The standard InChI is InChI=1S/C23H22FN9O/c1-12-4-6-22(31-30-12)27-19-10-18(26)20(9-17(19)24)28-21-7-5-16(14(3)34)23(29-21)33-13(2)8-15(11-25)32-33/h4-10,14,34H,26H2,1-3H3,(H,27,31)(H,28,29). The van der Waals surface area contributed by atoms with Crippen LogP contribution in [-0.4, -0.2) is 30.1 Å². The molecule has 0 fully saturated rings. The van der Waals surface area contributed by atoms with E-state index in [-0.39, 0.29) is 17.1 Å². The smallest absolute Gasteiger partial charge is 0.163 e. The molecule has 0 amide bonds. The van der Waals surface area contributed by atoms with Gasteiger partial charge in [0.1, 0.15) is 17.7 Å². The van der Waals surface area contributed by atoms with E-state index >= 15 is 0 Å². The summed E-state index contributed by atoms with van der Waals surface area (Å²) in [6.07, 6.45) is -0.830. The molecule has 0 bridgehead atoms. The Labute approximate surface area is 194 Å². The van der Waals surface area contributed by atoms with Crippen molar-refractivity contribution in [2.45, 2.75) is 26.9 Å². The highest BCUT2D eigenvalue weighted by Gasteiger charge is 2.17. The van der Waals surface area contributed by atoms with Crippen molar-refractivity contribution in [3.63, 3.8) is 0 Å². The first-order chi connectivity index (χ1) is 16.2. The molecule has 34 heavy (non-hydrogen) atoms. The Morgan fingerprint density at radius 1 is 1.06 bits per heavy atom. The Hall–Kier alpha value is -4.56. The molecule has 172 valence electrons. The van der Waals surface area contributed by atoms with Crippen molar-refractivity contribution in [3.05, 3.63) is 70.9 Å². The monoisotopic (exact) mass is 459 g/mol. The minimum atomic E-state index is -0.830. The van der Waals surface area contributed by atoms with Crippen LogP contribution in [0.5, 0.6) is 0 Å². The molecule has 5 N–H and O–H groups in total. The number of rotatable bonds is 6. The molecule has 11 heteroatoms. The SMILES string of the molecule is Cc1ccc(Nc2cc(N)c(Nc3ccc(C(C)O)c(-n4nc(C#N)cc4C)n3)cc2F)nn1. The Kier molecular flexibility index (Phi) is 6.07. The van der Waals surface area contributed by atoms with Crippen LogP contribution in [0.1, 0.15) is 35.7 Å². The predicted octanol–water partition coefficient (Wildman–Crippen LogP) is 3.81. The zero-order valence-corrected chi connectivity index (χ0v) is 18.7. The number of hydrogen-bond acceptors (Lipinski definition) is 9. The molecule has 0 aliphatic carbocycles. The minimum absolute atomic E-state index is 0.149. The molecule has 4 rings (SSSR count). The van der Waals surface area contributed by atoms with Crippen LogP contribution >= 0.6 is 0 Å². The van der Waals surface area contributed by atoms with Gasteiger partial charge in [-0.3, -0.25) is 0 Å². The number of aromatic nitrogens is 5. The molecule has 0 radical (unpaired) electrons. The number of nitrogens with zero attached hydrogens (tertiary/aromatic N) is 6. The van der Waals surface area contributed by atoms with Gasteiger partial charge in [0, 0.05) is 17.3 Å². The van der Waals surface area contributed by atoms with Gasteiger partial charge in [-0.25, -0.2) is 14.1 Å². The predicted molar refractivity (Wildman–Crippen MR) is 126 cm³/mol. The molecule has 0 saturated heterocycles. The number of pyridine rings is 1. The van der Waals surface area contributed by atoms with Gasteiger partial charge in [-0.15, -0.1) is 5.10 Å². The normalized spacial score (nSPS) is 11.6. The lowest BCUT2D eigenvalue weighted by atomic mass is 10.1. The number of benzene rings is 1. The molecular weight excluding hydrogens is 437 g/mol. The van der Waals surface area contributed by atoms with Gasteiger partial charge in [0.15, 0.2) is 17.3 Å². The molecule has 1 unspecified atom stereocenters. The zero-order chi connectivity index (χ0) is 24.4. The van der Waals surface area contributed by atoms with Gasteiger partial charge < -0.3 is 21.5 Å². The summed E-state index contributed by atoms with van der Waals surface area (Å²) in [6.45, 7) is 5.19. The van der Waals surface area contributed by atoms with Crippen LogP contribution in [0.4, 0.5) is 33.1 Å². The minimum Gasteiger partial charge on any atom is -0.397 e. The largest absolute Gasteiger partial charge is 0.397 e. The molecule has 3 heterocycles. The fraction of sp³-hybridized carbons (Fsp3) is 0.174. The average molecular weight is 459 g/mol. The molecule has 0 saturated carbocycles. The van der Waals surface area contributed by atoms with E-state index in [1.807, 2.05) is 6.07 Å². The fourth-order valence-electron chi connectivity index (χ4n) is 3.30. The molecule has 3 aromatic heterocycles. The maximum absolute atomic E-state index is 14.8. The van der Waals surface area contributed by atoms with Gasteiger partial charge in [-0.1, -0.05) is 0 Å². The average Bonchev–Trinajstić information content (AvgIpc) is 3.19. The van der Waals surface area contributed by atoms with Crippen molar-refractivity contribution >= 4 is 28.7 Å². The topological polar surface area (TPSA) is 151 Å². The lowest BCUT2D eigenvalue weighted by Gasteiger charge is -2.16. The van der Waals surface area contributed by atoms with Crippen LogP contribution < -0.4 is 16.4 Å². The van der Waals surface area contributed by atoms with Gasteiger partial charge in [0.2, 0.25) is 0 Å². The van der Waals surface area contributed by atoms with Gasteiger partial charge in [-0.2, -0.15) is 15.5 Å². The first-order valence-electron chi connectivity index (χ1n) is 10.3. The summed E-state index contributed by atoms with van der Waals surface area (Å²) in [5, 5.41) is 37.4. The summed E-state index contributed by atoms with van der Waals surface area (Å²) in [7, 11) is 0. The highest BCUT2D eigenvalue weighted by atomic mass is 19.1. The van der Waals surface area contributed by atoms with E-state index in [1.54, 1.807) is 51.1 Å². The van der Waals surface area contributed by atoms with Crippen molar-refractivity contribution in [1.82, 2.24) is 25.0 Å². The van der Waals surface area contributed by atoms with E-state index < -0.39 is 11.9 Å². The molecule has 0 spiro atoms. The molecular formula is C23H22FN9O. The number of nitriles is 1. The number of nitrogens with one attached hydrogen (secondary N) is 2. The molecule has 4 aromatic rings. The number of halogens is 1. The molecule has 10 nitrogen and oxygen atoms in total. The van der Waals surface area contributed by atoms with Gasteiger partial charge in [-0.05, 0) is 57.2 Å². The van der Waals surface area contributed by atoms with Gasteiger partial charge in [0.25, 0.3) is 0 Å². The molecule has 0 aliphatic heterocycles. The molecule has 1 aromatic carbocycles. The van der Waals surface area contributed by atoms with Crippen LogP contribution in [0.3, 0.4) is 0 Å². The van der Waals surface area contributed by atoms with E-state index in [4.69, 9.17) is 11.0 Å². The zero-order valence-electron chi connectivity index (χ0n) is 18.7. The number of aryl methyl sites for hydroxylation is 2. The Balaban J connectivity index is 1.66. The van der Waals surface area contributed by atoms with E-state index in [0.29, 0.717) is 34.4 Å². The van der Waals surface area contributed by atoms with Crippen molar-refractivity contribution in [2.75, 3.05) is 16.4 Å². The summed E-state index contributed by atoms with van der Waals surface area (Å²) >= 11 is 0. The van der Waals surface area contributed by atoms with E-state index in [2.05, 4.69) is 30.9 Å². The maximum atomic E-state index is 14.8. The number of aliphatic hydroxyl groups is 1. The fourth-order valence-corrected chi connectivity index (χ4v) is 3.30. The highest BCUT2D eigenvalue weighted by molar-refractivity contribution is 5.77. The second-order valence-corrected chi connectivity index (χ2v) is 7.71. The number of hydrogen-bond donors (Lipinski definition) is 4. The maximum Gasteiger partial charge on any atom is 0.163 e. The highest BCUT2D eigenvalue weighted by Crippen LogP contribution is 2.31. The summed E-state index contributed by atoms with van der Waals surface area (Å²) in [5.41, 5.74) is 9.03. The summed E-state index contributed by atoms with van der Waals surface area (Å²) < 4.78 is 16.3. The Bertz CT molecular complexity index is 1390. The first kappa shape index (κ1) is 22.6. The van der Waals surface area contributed by atoms with Crippen molar-refractivity contribution in [3.8, 4) is 11.9 Å². The van der Waals surface area contributed by atoms with E-state index in [9.17, 15) is 9.50 Å². The van der Waals surface area contributed by atoms with E-state index in [0.717, 1.165) is 5.69 Å². The number of aliphatic hydroxyl groups excluding tert-OH is 1. The third-order valence-electron chi connectivity index (χ3n) is 5.02. The van der Waals surface area contributed by atoms with Crippen molar-refractivity contribution in [1.29, 1.82) is 5.26 Å². The van der Waals surface area contributed by atoms with Crippen molar-refractivity contribution in [2.24, 2.45) is 0 Å². The number of nitrogen functional groups attached to an aromatic ring is 1. The third-order valence-corrected chi connectivity index (χ3v) is 5.02. The van der Waals surface area contributed by atoms with Crippen LogP contribution in [-0.2, 0) is 0 Å². The first-order valence-corrected chi connectivity index (χ1v) is 10.3. The summed E-state index contributed by atoms with van der Waals surface area (Å²) in [4.78, 5) is 4.55. The summed E-state index contributed by atoms with van der Waals surface area (Å²) in [5.74, 6) is 0.524. The number of anilines is 5. The molecule has 1 atom stereocenters.